The molecule has 6 nitrogen and oxygen atoms in total. The van der Waals surface area contributed by atoms with E-state index >= 15 is 0 Å². The fraction of sp³-hybridized carbons (Fsp3) is 0.750. The molecule has 1 saturated heterocycles. The summed E-state index contributed by atoms with van der Waals surface area (Å²) in [5.74, 6) is 0. The molecule has 0 aliphatic carbocycles. The zero-order valence-electron chi connectivity index (χ0n) is 8.31. The van der Waals surface area contributed by atoms with Gasteiger partial charge in [-0.25, -0.2) is 4.79 Å². The van der Waals surface area contributed by atoms with Crippen molar-refractivity contribution in [2.45, 2.75) is 25.9 Å². The number of aliphatic hydroxyl groups excluding tert-OH is 1. The molecular formula is C8H18N2O4. The van der Waals surface area contributed by atoms with Gasteiger partial charge >= 0.3 is 6.03 Å². The average Bonchev–Trinajstić information content (AvgIpc) is 2.55. The summed E-state index contributed by atoms with van der Waals surface area (Å²) in [7, 11) is 0. The van der Waals surface area contributed by atoms with Crippen molar-refractivity contribution in [1.82, 2.24) is 0 Å². The monoisotopic (exact) mass is 206 g/mol. The van der Waals surface area contributed by atoms with E-state index in [0.29, 0.717) is 0 Å². The molecule has 1 fully saturated rings. The van der Waals surface area contributed by atoms with Gasteiger partial charge in [0, 0.05) is 13.2 Å². The standard InChI is InChI=1S/C5H8O2.C2H6O.CH4N2O/c6-4-5-2-1-3-7-5;1-2-3;2-1(3)4/h4-5H,1-3H2;3H,2H2,1H3;(H4,2,3,4). The molecule has 2 amide bonds. The Morgan fingerprint density at radius 2 is 2.07 bits per heavy atom. The molecule has 1 heterocycles. The van der Waals surface area contributed by atoms with E-state index < -0.39 is 6.03 Å². The lowest BCUT2D eigenvalue weighted by molar-refractivity contribution is -0.115. The number of urea groups is 1. The molecule has 0 aromatic rings. The summed E-state index contributed by atoms with van der Waals surface area (Å²) >= 11 is 0. The Hall–Kier alpha value is -1.14. The van der Waals surface area contributed by atoms with Crippen LogP contribution < -0.4 is 11.5 Å². The number of rotatable bonds is 1. The van der Waals surface area contributed by atoms with Gasteiger partial charge < -0.3 is 26.1 Å². The van der Waals surface area contributed by atoms with Gasteiger partial charge in [-0.05, 0) is 19.8 Å². The van der Waals surface area contributed by atoms with Crippen LogP contribution in [0.15, 0.2) is 0 Å². The summed E-state index contributed by atoms with van der Waals surface area (Å²) < 4.78 is 4.93. The first-order chi connectivity index (χ1) is 6.58. The maximum Gasteiger partial charge on any atom is 0.309 e. The van der Waals surface area contributed by atoms with Gasteiger partial charge in [0.2, 0.25) is 0 Å². The topological polar surface area (TPSA) is 116 Å². The van der Waals surface area contributed by atoms with E-state index in [1.165, 1.54) is 0 Å². The van der Waals surface area contributed by atoms with Crippen molar-refractivity contribution in [3.05, 3.63) is 0 Å². The van der Waals surface area contributed by atoms with Crippen LogP contribution in [0, 0.1) is 0 Å². The molecule has 1 unspecified atom stereocenters. The first-order valence-electron chi connectivity index (χ1n) is 4.31. The molecule has 1 atom stereocenters. The van der Waals surface area contributed by atoms with Crippen LogP contribution in [0.25, 0.3) is 0 Å². The summed E-state index contributed by atoms with van der Waals surface area (Å²) in [6.45, 7) is 2.70. The van der Waals surface area contributed by atoms with E-state index in [-0.39, 0.29) is 12.7 Å². The quantitative estimate of drug-likeness (QED) is 0.496. The Labute approximate surface area is 83.2 Å². The zero-order chi connectivity index (χ0) is 11.4. The van der Waals surface area contributed by atoms with E-state index in [9.17, 15) is 4.79 Å². The van der Waals surface area contributed by atoms with Gasteiger partial charge in [0.05, 0.1) is 0 Å². The average molecular weight is 206 g/mol. The van der Waals surface area contributed by atoms with Crippen molar-refractivity contribution in [2.75, 3.05) is 13.2 Å². The minimum atomic E-state index is -0.833. The Morgan fingerprint density at radius 3 is 2.21 bits per heavy atom. The predicted octanol–water partition coefficient (Wildman–Crippen LogP) is -0.613. The first-order valence-corrected chi connectivity index (χ1v) is 4.31. The third-order valence-corrected chi connectivity index (χ3v) is 1.12. The van der Waals surface area contributed by atoms with E-state index in [1.54, 1.807) is 6.92 Å². The van der Waals surface area contributed by atoms with Crippen molar-refractivity contribution in [3.63, 3.8) is 0 Å². The van der Waals surface area contributed by atoms with Crippen molar-refractivity contribution >= 4 is 12.3 Å². The molecule has 6 heteroatoms. The van der Waals surface area contributed by atoms with Crippen LogP contribution in [0.2, 0.25) is 0 Å². The van der Waals surface area contributed by atoms with Crippen molar-refractivity contribution in [1.29, 1.82) is 0 Å². The van der Waals surface area contributed by atoms with Gasteiger partial charge in [-0.15, -0.1) is 0 Å². The number of aliphatic hydroxyl groups is 1. The number of hydrogen-bond donors (Lipinski definition) is 3. The summed E-state index contributed by atoms with van der Waals surface area (Å²) in [6, 6.07) is -0.833. The number of nitrogens with two attached hydrogens (primary N) is 2. The molecule has 14 heavy (non-hydrogen) atoms. The highest BCUT2D eigenvalue weighted by molar-refractivity contribution is 5.69. The van der Waals surface area contributed by atoms with Gasteiger partial charge in [0.1, 0.15) is 12.4 Å². The van der Waals surface area contributed by atoms with Crippen LogP contribution in [0.5, 0.6) is 0 Å². The molecule has 1 rings (SSSR count). The third-order valence-electron chi connectivity index (χ3n) is 1.12. The predicted molar refractivity (Wildman–Crippen MR) is 51.6 cm³/mol. The fourth-order valence-corrected chi connectivity index (χ4v) is 0.710. The lowest BCUT2D eigenvalue weighted by Crippen LogP contribution is -2.18. The van der Waals surface area contributed by atoms with Gasteiger partial charge in [-0.2, -0.15) is 0 Å². The third kappa shape index (κ3) is 17.1. The van der Waals surface area contributed by atoms with Gasteiger partial charge in [-0.1, -0.05) is 0 Å². The first kappa shape index (κ1) is 15.3. The lowest BCUT2D eigenvalue weighted by atomic mass is 10.3. The van der Waals surface area contributed by atoms with Crippen LogP contribution >= 0.6 is 0 Å². The Morgan fingerprint density at radius 1 is 1.64 bits per heavy atom. The van der Waals surface area contributed by atoms with Crippen LogP contribution in [-0.4, -0.2) is 36.7 Å². The Balaban J connectivity index is 0. The van der Waals surface area contributed by atoms with Crippen LogP contribution in [0.1, 0.15) is 19.8 Å². The van der Waals surface area contributed by atoms with Gasteiger partial charge in [0.25, 0.3) is 0 Å². The number of primary amides is 2. The maximum atomic E-state index is 9.88. The van der Waals surface area contributed by atoms with Gasteiger partial charge in [-0.3, -0.25) is 0 Å². The number of hydrogen-bond acceptors (Lipinski definition) is 4. The Bertz CT molecular complexity index is 142. The molecule has 0 spiro atoms. The van der Waals surface area contributed by atoms with Crippen LogP contribution in [0.4, 0.5) is 4.79 Å². The Kier molecular flexibility index (Phi) is 13.0. The molecule has 84 valence electrons. The number of carbonyl (C=O) groups is 2. The van der Waals surface area contributed by atoms with Crippen molar-refractivity contribution in [3.8, 4) is 0 Å². The fourth-order valence-electron chi connectivity index (χ4n) is 0.710. The summed E-state index contributed by atoms with van der Waals surface area (Å²) in [6.07, 6.45) is 2.75. The van der Waals surface area contributed by atoms with E-state index in [2.05, 4.69) is 11.5 Å². The molecule has 0 aromatic heterocycles. The largest absolute Gasteiger partial charge is 0.397 e. The summed E-state index contributed by atoms with van der Waals surface area (Å²) in [5.41, 5.74) is 8.50. The molecule has 0 saturated carbocycles. The molecule has 0 radical (unpaired) electrons. The van der Waals surface area contributed by atoms with Crippen LogP contribution in [-0.2, 0) is 9.53 Å². The molecule has 1 aliphatic heterocycles. The minimum Gasteiger partial charge on any atom is -0.397 e. The molecule has 0 bridgehead atoms. The smallest absolute Gasteiger partial charge is 0.309 e. The second-order valence-electron chi connectivity index (χ2n) is 2.41. The second-order valence-corrected chi connectivity index (χ2v) is 2.41. The van der Waals surface area contributed by atoms with Crippen molar-refractivity contribution in [2.24, 2.45) is 11.5 Å². The normalized spacial score (nSPS) is 18.3. The summed E-state index contributed by atoms with van der Waals surface area (Å²) in [5, 5.41) is 7.57. The maximum absolute atomic E-state index is 9.88. The number of ether oxygens (including phenoxy) is 1. The molecule has 1 aliphatic rings. The van der Waals surface area contributed by atoms with Gasteiger partial charge in [0.15, 0.2) is 0 Å². The highest BCUT2D eigenvalue weighted by atomic mass is 16.5. The molecule has 5 N–H and O–H groups in total. The van der Waals surface area contributed by atoms with E-state index in [0.717, 1.165) is 25.7 Å². The van der Waals surface area contributed by atoms with E-state index in [4.69, 9.17) is 14.6 Å². The summed E-state index contributed by atoms with van der Waals surface area (Å²) in [4.78, 5) is 18.9. The number of amides is 2. The minimum absolute atomic E-state index is 0.0833. The number of aldehydes is 1. The zero-order valence-corrected chi connectivity index (χ0v) is 8.31. The van der Waals surface area contributed by atoms with Crippen LogP contribution in [0.3, 0.4) is 0 Å². The highest BCUT2D eigenvalue weighted by Gasteiger charge is 2.12. The van der Waals surface area contributed by atoms with E-state index in [1.807, 2.05) is 0 Å². The second kappa shape index (κ2) is 11.9. The molecular weight excluding hydrogens is 188 g/mol. The lowest BCUT2D eigenvalue weighted by Gasteiger charge is -1.93. The highest BCUT2D eigenvalue weighted by Crippen LogP contribution is 2.08. The van der Waals surface area contributed by atoms with Crippen molar-refractivity contribution < 1.29 is 19.4 Å². The SMILES string of the molecule is CCO.NC(N)=O.O=CC1CCCO1. The molecule has 0 aromatic carbocycles. The number of carbonyl (C=O) groups excluding carboxylic acids is 2.